The molecule has 3 nitrogen and oxygen atoms in total. The first-order chi connectivity index (χ1) is 8.69. The molecule has 2 saturated heterocycles. The minimum absolute atomic E-state index is 0.685. The van der Waals surface area contributed by atoms with Gasteiger partial charge < -0.3 is 15.1 Å². The molecule has 0 aromatic heterocycles. The highest BCUT2D eigenvalue weighted by molar-refractivity contribution is 4.82. The van der Waals surface area contributed by atoms with Gasteiger partial charge in [-0.2, -0.15) is 0 Å². The molecule has 0 saturated carbocycles. The van der Waals surface area contributed by atoms with Crippen LogP contribution >= 0.6 is 0 Å². The molecule has 18 heavy (non-hydrogen) atoms. The van der Waals surface area contributed by atoms with Crippen LogP contribution in [0.4, 0.5) is 0 Å². The quantitative estimate of drug-likeness (QED) is 0.804. The van der Waals surface area contributed by atoms with Crippen LogP contribution in [0.2, 0.25) is 0 Å². The van der Waals surface area contributed by atoms with E-state index in [0.29, 0.717) is 6.04 Å². The molecule has 0 aromatic rings. The molecule has 106 valence electrons. The lowest BCUT2D eigenvalue weighted by molar-refractivity contribution is 0.155. The van der Waals surface area contributed by atoms with Gasteiger partial charge in [-0.3, -0.25) is 0 Å². The van der Waals surface area contributed by atoms with E-state index in [4.69, 9.17) is 0 Å². The van der Waals surface area contributed by atoms with Crippen molar-refractivity contribution in [3.8, 4) is 0 Å². The zero-order valence-electron chi connectivity index (χ0n) is 12.5. The summed E-state index contributed by atoms with van der Waals surface area (Å²) in [6.45, 7) is 12.3. The second kappa shape index (κ2) is 6.88. The Kier molecular flexibility index (Phi) is 5.46. The lowest BCUT2D eigenvalue weighted by atomic mass is 9.91. The van der Waals surface area contributed by atoms with Crippen molar-refractivity contribution in [1.29, 1.82) is 0 Å². The van der Waals surface area contributed by atoms with Crippen molar-refractivity contribution in [2.75, 3.05) is 46.3 Å². The van der Waals surface area contributed by atoms with E-state index in [1.807, 2.05) is 0 Å². The van der Waals surface area contributed by atoms with Gasteiger partial charge in [-0.1, -0.05) is 6.92 Å². The van der Waals surface area contributed by atoms with Crippen LogP contribution in [0, 0.1) is 11.8 Å². The highest BCUT2D eigenvalue weighted by atomic mass is 15.1. The molecule has 2 rings (SSSR count). The van der Waals surface area contributed by atoms with E-state index >= 15 is 0 Å². The monoisotopic (exact) mass is 253 g/mol. The summed E-state index contributed by atoms with van der Waals surface area (Å²) in [5.74, 6) is 1.74. The van der Waals surface area contributed by atoms with Crippen LogP contribution in [0.1, 0.15) is 33.1 Å². The Bertz CT molecular complexity index is 244. The molecule has 2 fully saturated rings. The van der Waals surface area contributed by atoms with Crippen LogP contribution in [0.25, 0.3) is 0 Å². The predicted octanol–water partition coefficient (Wildman–Crippen LogP) is 1.65. The van der Waals surface area contributed by atoms with Crippen molar-refractivity contribution in [2.45, 2.75) is 39.2 Å². The molecule has 3 heteroatoms. The number of hydrogen-bond acceptors (Lipinski definition) is 3. The van der Waals surface area contributed by atoms with Crippen molar-refractivity contribution in [1.82, 2.24) is 15.1 Å². The summed E-state index contributed by atoms with van der Waals surface area (Å²) in [4.78, 5) is 5.06. The first kappa shape index (κ1) is 14.3. The van der Waals surface area contributed by atoms with E-state index in [1.165, 1.54) is 58.5 Å². The fourth-order valence-corrected chi connectivity index (χ4v) is 3.50. The molecule has 0 spiro atoms. The average molecular weight is 253 g/mol. The Morgan fingerprint density at radius 1 is 1.22 bits per heavy atom. The molecule has 0 amide bonds. The van der Waals surface area contributed by atoms with Crippen LogP contribution in [-0.2, 0) is 0 Å². The zero-order valence-corrected chi connectivity index (χ0v) is 12.5. The third-order valence-electron chi connectivity index (χ3n) is 4.91. The summed E-state index contributed by atoms with van der Waals surface area (Å²) >= 11 is 0. The molecule has 0 aromatic carbocycles. The minimum Gasteiger partial charge on any atom is -0.314 e. The maximum Gasteiger partial charge on any atom is 0.00793 e. The summed E-state index contributed by atoms with van der Waals surface area (Å²) in [5.41, 5.74) is 0. The second-order valence-corrected chi connectivity index (χ2v) is 6.41. The molecule has 0 aliphatic carbocycles. The number of piperidine rings is 1. The highest BCUT2D eigenvalue weighted by Crippen LogP contribution is 2.20. The molecule has 1 N–H and O–H groups in total. The summed E-state index contributed by atoms with van der Waals surface area (Å²) < 4.78 is 0. The van der Waals surface area contributed by atoms with Gasteiger partial charge >= 0.3 is 0 Å². The molecule has 3 unspecified atom stereocenters. The molecule has 2 aliphatic rings. The number of likely N-dealkylation sites (tertiary alicyclic amines) is 2. The van der Waals surface area contributed by atoms with Crippen molar-refractivity contribution in [3.63, 3.8) is 0 Å². The average Bonchev–Trinajstić information content (AvgIpc) is 2.82. The molecule has 0 radical (unpaired) electrons. The number of nitrogens with zero attached hydrogens (tertiary/aromatic N) is 2. The van der Waals surface area contributed by atoms with Crippen LogP contribution in [0.15, 0.2) is 0 Å². The van der Waals surface area contributed by atoms with Gasteiger partial charge in [0.1, 0.15) is 0 Å². The normalized spacial score (nSPS) is 32.8. The fraction of sp³-hybridized carbons (Fsp3) is 1.00. The number of nitrogens with one attached hydrogen (secondary N) is 1. The highest BCUT2D eigenvalue weighted by Gasteiger charge is 2.25. The lowest BCUT2D eigenvalue weighted by Crippen LogP contribution is -2.45. The van der Waals surface area contributed by atoms with Crippen molar-refractivity contribution in [2.24, 2.45) is 11.8 Å². The fourth-order valence-electron chi connectivity index (χ4n) is 3.50. The van der Waals surface area contributed by atoms with Gasteiger partial charge in [-0.25, -0.2) is 0 Å². The minimum atomic E-state index is 0.685. The van der Waals surface area contributed by atoms with E-state index in [1.54, 1.807) is 0 Å². The van der Waals surface area contributed by atoms with Gasteiger partial charge in [0.25, 0.3) is 0 Å². The van der Waals surface area contributed by atoms with Crippen molar-refractivity contribution in [3.05, 3.63) is 0 Å². The summed E-state index contributed by atoms with van der Waals surface area (Å²) in [6.07, 6.45) is 4.17. The van der Waals surface area contributed by atoms with Gasteiger partial charge in [-0.05, 0) is 71.2 Å². The topological polar surface area (TPSA) is 18.5 Å². The van der Waals surface area contributed by atoms with Gasteiger partial charge in [0, 0.05) is 19.1 Å². The third-order valence-corrected chi connectivity index (χ3v) is 4.91. The Morgan fingerprint density at radius 2 is 2.06 bits per heavy atom. The van der Waals surface area contributed by atoms with E-state index in [2.05, 4.69) is 36.0 Å². The summed E-state index contributed by atoms with van der Waals surface area (Å²) in [7, 11) is 2.24. The molecule has 3 atom stereocenters. The summed E-state index contributed by atoms with van der Waals surface area (Å²) in [6, 6.07) is 0.685. The largest absolute Gasteiger partial charge is 0.314 e. The summed E-state index contributed by atoms with van der Waals surface area (Å²) in [5, 5.41) is 3.81. The molecular formula is C15H31N3. The first-order valence-electron chi connectivity index (χ1n) is 7.83. The maximum absolute atomic E-state index is 3.81. The molecule has 0 bridgehead atoms. The third kappa shape index (κ3) is 3.94. The van der Waals surface area contributed by atoms with Gasteiger partial charge in [0.05, 0.1) is 0 Å². The predicted molar refractivity (Wildman–Crippen MR) is 77.9 cm³/mol. The SMILES string of the molecule is CCN1CCCC(C(C)NCC2CCN(C)C2)C1. The van der Waals surface area contributed by atoms with E-state index in [-0.39, 0.29) is 0 Å². The standard InChI is InChI=1S/C15H31N3/c1-4-18-8-5-6-15(12-18)13(2)16-10-14-7-9-17(3)11-14/h13-16H,4-12H2,1-3H3. The van der Waals surface area contributed by atoms with Crippen LogP contribution in [-0.4, -0.2) is 62.2 Å². The van der Waals surface area contributed by atoms with Crippen LogP contribution < -0.4 is 5.32 Å². The van der Waals surface area contributed by atoms with Crippen LogP contribution in [0.3, 0.4) is 0 Å². The maximum atomic E-state index is 3.81. The van der Waals surface area contributed by atoms with Crippen molar-refractivity contribution < 1.29 is 0 Å². The Morgan fingerprint density at radius 3 is 2.72 bits per heavy atom. The Balaban J connectivity index is 1.69. The Labute approximate surface area is 113 Å². The Hall–Kier alpha value is -0.120. The zero-order chi connectivity index (χ0) is 13.0. The van der Waals surface area contributed by atoms with Gasteiger partial charge in [0.2, 0.25) is 0 Å². The van der Waals surface area contributed by atoms with Gasteiger partial charge in [0.15, 0.2) is 0 Å². The molecule has 2 aliphatic heterocycles. The number of hydrogen-bond donors (Lipinski definition) is 1. The van der Waals surface area contributed by atoms with Crippen LogP contribution in [0.5, 0.6) is 0 Å². The van der Waals surface area contributed by atoms with E-state index < -0.39 is 0 Å². The lowest BCUT2D eigenvalue weighted by Gasteiger charge is -2.35. The second-order valence-electron chi connectivity index (χ2n) is 6.41. The van der Waals surface area contributed by atoms with E-state index in [9.17, 15) is 0 Å². The van der Waals surface area contributed by atoms with E-state index in [0.717, 1.165) is 11.8 Å². The first-order valence-corrected chi connectivity index (χ1v) is 7.83. The number of rotatable bonds is 5. The smallest absolute Gasteiger partial charge is 0.00793 e. The van der Waals surface area contributed by atoms with Gasteiger partial charge in [-0.15, -0.1) is 0 Å². The molecular weight excluding hydrogens is 222 g/mol. The van der Waals surface area contributed by atoms with Crippen molar-refractivity contribution >= 4 is 0 Å². The molecule has 2 heterocycles.